The van der Waals surface area contributed by atoms with E-state index in [0.29, 0.717) is 58.4 Å². The Bertz CT molecular complexity index is 1490. The Morgan fingerprint density at radius 3 is 2.51 bits per heavy atom. The summed E-state index contributed by atoms with van der Waals surface area (Å²) in [5.74, 6) is 0.554. The highest BCUT2D eigenvalue weighted by Gasteiger charge is 2.29. The highest BCUT2D eigenvalue weighted by molar-refractivity contribution is 9.10. The Kier molecular flexibility index (Phi) is 8.90. The van der Waals surface area contributed by atoms with Gasteiger partial charge in [0.15, 0.2) is 0 Å². The maximum Gasteiger partial charge on any atom is 0.322 e. The molecule has 192 valence electrons. The number of carbonyl (C=O) groups excluding carboxylic acids is 1. The lowest BCUT2D eigenvalue weighted by Crippen LogP contribution is -2.42. The normalized spacial score (nSPS) is 11.9. The first-order valence-electron chi connectivity index (χ1n) is 12.1. The molecule has 1 unspecified atom stereocenters. The Labute approximate surface area is 234 Å². The molecule has 1 aromatic heterocycles. The van der Waals surface area contributed by atoms with Gasteiger partial charge in [-0.15, -0.1) is 0 Å². The molecule has 0 aliphatic heterocycles. The monoisotopic (exact) mass is 600 g/mol. The van der Waals surface area contributed by atoms with Crippen LogP contribution < -0.4 is 10.9 Å². The topological polar surface area (TPSA) is 67.2 Å². The fourth-order valence-corrected chi connectivity index (χ4v) is 5.29. The van der Waals surface area contributed by atoms with Crippen LogP contribution in [0.3, 0.4) is 0 Å². The molecule has 2 amide bonds. The molecule has 0 saturated heterocycles. The van der Waals surface area contributed by atoms with Crippen molar-refractivity contribution in [1.29, 1.82) is 0 Å². The van der Waals surface area contributed by atoms with E-state index in [1.807, 2.05) is 62.4 Å². The third-order valence-corrected chi connectivity index (χ3v) is 7.56. The van der Waals surface area contributed by atoms with Crippen LogP contribution in [0.1, 0.15) is 37.7 Å². The lowest BCUT2D eigenvalue weighted by atomic mass is 10.1. The third-order valence-electron chi connectivity index (χ3n) is 6.28. The summed E-state index contributed by atoms with van der Waals surface area (Å²) in [5.41, 5.74) is 2.02. The second-order valence-electron chi connectivity index (χ2n) is 8.55. The molecule has 0 aliphatic carbocycles. The summed E-state index contributed by atoms with van der Waals surface area (Å²) < 4.78 is 2.43. The largest absolute Gasteiger partial charge is 0.322 e. The van der Waals surface area contributed by atoms with Gasteiger partial charge >= 0.3 is 6.03 Å². The van der Waals surface area contributed by atoms with Crippen LogP contribution >= 0.6 is 39.1 Å². The van der Waals surface area contributed by atoms with Gasteiger partial charge in [-0.25, -0.2) is 9.78 Å². The molecule has 1 N–H and O–H groups in total. The van der Waals surface area contributed by atoms with E-state index < -0.39 is 6.04 Å². The van der Waals surface area contributed by atoms with Gasteiger partial charge in [0, 0.05) is 27.6 Å². The quantitative estimate of drug-likeness (QED) is 0.225. The first-order chi connectivity index (χ1) is 17.8. The Hall–Kier alpha value is -2.87. The zero-order valence-electron chi connectivity index (χ0n) is 20.5. The van der Waals surface area contributed by atoms with Crippen LogP contribution in [0.4, 0.5) is 10.5 Å². The molecule has 37 heavy (non-hydrogen) atoms. The SMILES string of the molecule is CCC(c1nc2ccccc2c(=O)n1CC)N(CCc1ccc(Cl)cc1Cl)C(=O)Nc1ccccc1Br. The van der Waals surface area contributed by atoms with Crippen LogP contribution in [0, 0.1) is 0 Å². The average Bonchev–Trinajstić information content (AvgIpc) is 2.89. The predicted molar refractivity (Wildman–Crippen MR) is 155 cm³/mol. The summed E-state index contributed by atoms with van der Waals surface area (Å²) in [6.07, 6.45) is 1.06. The molecule has 0 aliphatic rings. The summed E-state index contributed by atoms with van der Waals surface area (Å²) in [7, 11) is 0. The summed E-state index contributed by atoms with van der Waals surface area (Å²) >= 11 is 16.0. The number of hydrogen-bond acceptors (Lipinski definition) is 3. The van der Waals surface area contributed by atoms with Crippen molar-refractivity contribution in [2.24, 2.45) is 0 Å². The van der Waals surface area contributed by atoms with E-state index in [-0.39, 0.29) is 11.6 Å². The minimum Gasteiger partial charge on any atom is -0.314 e. The van der Waals surface area contributed by atoms with Crippen LogP contribution in [0.5, 0.6) is 0 Å². The van der Waals surface area contributed by atoms with Crippen molar-refractivity contribution in [2.75, 3.05) is 11.9 Å². The maximum absolute atomic E-state index is 13.8. The molecule has 9 heteroatoms. The van der Waals surface area contributed by atoms with E-state index >= 15 is 0 Å². The van der Waals surface area contributed by atoms with Gasteiger partial charge in [0.1, 0.15) is 5.82 Å². The number of halogens is 3. The van der Waals surface area contributed by atoms with Gasteiger partial charge in [0.05, 0.1) is 22.6 Å². The second-order valence-corrected chi connectivity index (χ2v) is 10.2. The second kappa shape index (κ2) is 12.1. The van der Waals surface area contributed by atoms with Gasteiger partial charge in [-0.2, -0.15) is 0 Å². The molecule has 0 bridgehead atoms. The van der Waals surface area contributed by atoms with Crippen LogP contribution in [-0.2, 0) is 13.0 Å². The molecule has 0 spiro atoms. The molecule has 0 radical (unpaired) electrons. The van der Waals surface area contributed by atoms with Crippen LogP contribution in [-0.4, -0.2) is 27.0 Å². The number of nitrogens with zero attached hydrogens (tertiary/aromatic N) is 3. The third kappa shape index (κ3) is 6.00. The number of para-hydroxylation sites is 2. The van der Waals surface area contributed by atoms with Crippen molar-refractivity contribution in [3.63, 3.8) is 0 Å². The van der Waals surface area contributed by atoms with Gasteiger partial charge in [-0.05, 0) is 77.7 Å². The van der Waals surface area contributed by atoms with Crippen molar-refractivity contribution in [2.45, 2.75) is 39.3 Å². The van der Waals surface area contributed by atoms with E-state index in [4.69, 9.17) is 28.2 Å². The van der Waals surface area contributed by atoms with Gasteiger partial charge < -0.3 is 10.2 Å². The molecule has 0 fully saturated rings. The molecule has 4 rings (SSSR count). The summed E-state index contributed by atoms with van der Waals surface area (Å²) in [6.45, 7) is 4.68. The molecule has 1 heterocycles. The van der Waals surface area contributed by atoms with Crippen molar-refractivity contribution in [3.05, 3.63) is 103 Å². The fraction of sp³-hybridized carbons (Fsp3) is 0.250. The number of anilines is 1. The van der Waals surface area contributed by atoms with Gasteiger partial charge in [-0.3, -0.25) is 9.36 Å². The number of rotatable bonds is 8. The molecule has 4 aromatic rings. The van der Waals surface area contributed by atoms with Crippen LogP contribution in [0.25, 0.3) is 10.9 Å². The van der Waals surface area contributed by atoms with Crippen LogP contribution in [0.15, 0.2) is 76.0 Å². The van der Waals surface area contributed by atoms with E-state index in [9.17, 15) is 9.59 Å². The number of amides is 2. The number of nitrogens with one attached hydrogen (secondary N) is 1. The lowest BCUT2D eigenvalue weighted by Gasteiger charge is -2.32. The van der Waals surface area contributed by atoms with Gasteiger partial charge in [0.25, 0.3) is 5.56 Å². The zero-order chi connectivity index (χ0) is 26.5. The van der Waals surface area contributed by atoms with Crippen molar-refractivity contribution < 1.29 is 4.79 Å². The van der Waals surface area contributed by atoms with E-state index in [2.05, 4.69) is 21.2 Å². The molecule has 6 nitrogen and oxygen atoms in total. The van der Waals surface area contributed by atoms with E-state index in [0.717, 1.165) is 10.0 Å². The lowest BCUT2D eigenvalue weighted by molar-refractivity contribution is 0.181. The number of aromatic nitrogens is 2. The number of carbonyl (C=O) groups is 1. The first kappa shape index (κ1) is 27.2. The molecule has 3 aromatic carbocycles. The summed E-state index contributed by atoms with van der Waals surface area (Å²) in [5, 5.41) is 4.67. The first-order valence-corrected chi connectivity index (χ1v) is 13.6. The molecule has 1 atom stereocenters. The minimum atomic E-state index is -0.453. The Balaban J connectivity index is 1.77. The zero-order valence-corrected chi connectivity index (χ0v) is 23.6. The summed E-state index contributed by atoms with van der Waals surface area (Å²) in [4.78, 5) is 33.7. The van der Waals surface area contributed by atoms with Crippen molar-refractivity contribution in [3.8, 4) is 0 Å². The number of hydrogen-bond donors (Lipinski definition) is 1. The number of urea groups is 1. The van der Waals surface area contributed by atoms with Gasteiger partial charge in [0.2, 0.25) is 0 Å². The smallest absolute Gasteiger partial charge is 0.314 e. The number of benzene rings is 3. The van der Waals surface area contributed by atoms with E-state index in [1.165, 1.54) is 0 Å². The standard InChI is InChI=1S/C28H27BrCl2N4O2/c1-3-25(26-32-23-11-7-5-9-20(23)27(36)34(26)4-2)35(16-15-18-13-14-19(30)17-22(18)31)28(37)33-24-12-8-6-10-21(24)29/h5-14,17,25H,3-4,15-16H2,1-2H3,(H,33,37). The van der Waals surface area contributed by atoms with Crippen LogP contribution in [0.2, 0.25) is 10.0 Å². The molecular weight excluding hydrogens is 575 g/mol. The molecule has 0 saturated carbocycles. The fourth-order valence-electron chi connectivity index (χ4n) is 4.40. The van der Waals surface area contributed by atoms with Crippen molar-refractivity contribution >= 4 is 61.8 Å². The Morgan fingerprint density at radius 2 is 1.81 bits per heavy atom. The highest BCUT2D eigenvalue weighted by atomic mass is 79.9. The number of fused-ring (bicyclic) bond motifs is 1. The molecular formula is C28H27BrCl2N4O2. The highest BCUT2D eigenvalue weighted by Crippen LogP contribution is 2.28. The summed E-state index contributed by atoms with van der Waals surface area (Å²) in [6, 6.07) is 19.3. The Morgan fingerprint density at radius 1 is 1.08 bits per heavy atom. The predicted octanol–water partition coefficient (Wildman–Crippen LogP) is 7.71. The average molecular weight is 602 g/mol. The maximum atomic E-state index is 13.8. The van der Waals surface area contributed by atoms with E-state index in [1.54, 1.807) is 27.7 Å². The van der Waals surface area contributed by atoms with Crippen molar-refractivity contribution in [1.82, 2.24) is 14.5 Å². The van der Waals surface area contributed by atoms with Gasteiger partial charge in [-0.1, -0.05) is 60.5 Å². The minimum absolute atomic E-state index is 0.117.